The maximum Gasteiger partial charge on any atom is 0.123 e. The van der Waals surface area contributed by atoms with Gasteiger partial charge in [0.05, 0.1) is 5.69 Å². The van der Waals surface area contributed by atoms with Gasteiger partial charge in [0.2, 0.25) is 0 Å². The van der Waals surface area contributed by atoms with Gasteiger partial charge in [-0.05, 0) is 24.1 Å². The van der Waals surface area contributed by atoms with Crippen molar-refractivity contribution in [2.45, 2.75) is 19.8 Å². The van der Waals surface area contributed by atoms with Gasteiger partial charge in [0, 0.05) is 21.0 Å². The van der Waals surface area contributed by atoms with E-state index in [1.54, 1.807) is 17.4 Å². The number of halogens is 2. The van der Waals surface area contributed by atoms with Gasteiger partial charge in [-0.25, -0.2) is 4.98 Å². The molecule has 4 heteroatoms. The summed E-state index contributed by atoms with van der Waals surface area (Å²) < 4.78 is 0. The molecule has 0 spiro atoms. The third-order valence-electron chi connectivity index (χ3n) is 2.22. The van der Waals surface area contributed by atoms with Gasteiger partial charge < -0.3 is 0 Å². The monoisotopic (exact) mass is 271 g/mol. The van der Waals surface area contributed by atoms with Crippen molar-refractivity contribution in [1.29, 1.82) is 0 Å². The Balaban J connectivity index is 2.42. The van der Waals surface area contributed by atoms with Crippen LogP contribution >= 0.6 is 34.5 Å². The van der Waals surface area contributed by atoms with Gasteiger partial charge in [0.25, 0.3) is 0 Å². The highest BCUT2D eigenvalue weighted by Crippen LogP contribution is 2.30. The fraction of sp³-hybridized carbons (Fsp3) is 0.250. The molecule has 1 aromatic heterocycles. The predicted molar refractivity (Wildman–Crippen MR) is 71.7 cm³/mol. The van der Waals surface area contributed by atoms with Crippen LogP contribution in [-0.4, -0.2) is 4.98 Å². The standard InChI is InChI=1S/C12H11Cl2NS/c1-7(2)11-6-16-12(15-11)8-3-9(13)5-10(14)4-8/h3-7H,1-2H3. The molecule has 0 N–H and O–H groups in total. The Morgan fingerprint density at radius 2 is 1.75 bits per heavy atom. The first kappa shape index (κ1) is 11.9. The maximum atomic E-state index is 5.96. The molecule has 0 amide bonds. The zero-order chi connectivity index (χ0) is 11.7. The minimum absolute atomic E-state index is 0.444. The first-order chi connectivity index (χ1) is 7.56. The number of thiazole rings is 1. The molecule has 2 rings (SSSR count). The van der Waals surface area contributed by atoms with E-state index in [2.05, 4.69) is 24.2 Å². The molecular formula is C12H11Cl2NS. The summed E-state index contributed by atoms with van der Waals surface area (Å²) in [6.45, 7) is 4.26. The second kappa shape index (κ2) is 4.74. The molecule has 0 aliphatic rings. The van der Waals surface area contributed by atoms with Gasteiger partial charge in [0.15, 0.2) is 0 Å². The Morgan fingerprint density at radius 1 is 1.12 bits per heavy atom. The summed E-state index contributed by atoms with van der Waals surface area (Å²) in [4.78, 5) is 4.56. The molecule has 16 heavy (non-hydrogen) atoms. The SMILES string of the molecule is CC(C)c1csc(-c2cc(Cl)cc(Cl)c2)n1. The molecule has 0 fully saturated rings. The lowest BCUT2D eigenvalue weighted by atomic mass is 10.1. The van der Waals surface area contributed by atoms with Crippen LogP contribution < -0.4 is 0 Å². The van der Waals surface area contributed by atoms with Crippen LogP contribution in [0, 0.1) is 0 Å². The number of hydrogen-bond acceptors (Lipinski definition) is 2. The summed E-state index contributed by atoms with van der Waals surface area (Å²) in [5.74, 6) is 0.444. The van der Waals surface area contributed by atoms with Crippen LogP contribution in [0.2, 0.25) is 10.0 Å². The molecule has 0 atom stereocenters. The van der Waals surface area contributed by atoms with Crippen molar-refractivity contribution in [2.75, 3.05) is 0 Å². The smallest absolute Gasteiger partial charge is 0.123 e. The van der Waals surface area contributed by atoms with Crippen LogP contribution in [0.4, 0.5) is 0 Å². The average molecular weight is 272 g/mol. The molecule has 1 heterocycles. The summed E-state index contributed by atoms with van der Waals surface area (Å²) in [5.41, 5.74) is 2.09. The van der Waals surface area contributed by atoms with Gasteiger partial charge in [0.1, 0.15) is 5.01 Å². The van der Waals surface area contributed by atoms with Crippen LogP contribution in [0.5, 0.6) is 0 Å². The molecule has 0 aliphatic heterocycles. The number of nitrogens with zero attached hydrogens (tertiary/aromatic N) is 1. The van der Waals surface area contributed by atoms with E-state index in [1.807, 2.05) is 12.1 Å². The Morgan fingerprint density at radius 3 is 2.25 bits per heavy atom. The number of hydrogen-bond donors (Lipinski definition) is 0. The molecule has 0 unspecified atom stereocenters. The highest BCUT2D eigenvalue weighted by atomic mass is 35.5. The second-order valence-corrected chi connectivity index (χ2v) is 5.62. The van der Waals surface area contributed by atoms with Crippen molar-refractivity contribution < 1.29 is 0 Å². The summed E-state index contributed by atoms with van der Waals surface area (Å²) in [5, 5.41) is 4.33. The second-order valence-electron chi connectivity index (χ2n) is 3.89. The Kier molecular flexibility index (Phi) is 3.53. The largest absolute Gasteiger partial charge is 0.241 e. The molecule has 1 aromatic carbocycles. The minimum Gasteiger partial charge on any atom is -0.241 e. The topological polar surface area (TPSA) is 12.9 Å². The third kappa shape index (κ3) is 2.57. The number of rotatable bonds is 2. The molecular weight excluding hydrogens is 261 g/mol. The van der Waals surface area contributed by atoms with Crippen molar-refractivity contribution in [3.8, 4) is 10.6 Å². The molecule has 0 bridgehead atoms. The molecule has 0 saturated heterocycles. The van der Waals surface area contributed by atoms with Gasteiger partial charge in [-0.2, -0.15) is 0 Å². The highest BCUT2D eigenvalue weighted by Gasteiger charge is 2.08. The van der Waals surface area contributed by atoms with Crippen molar-refractivity contribution in [3.63, 3.8) is 0 Å². The van der Waals surface area contributed by atoms with Crippen LogP contribution in [0.3, 0.4) is 0 Å². The van der Waals surface area contributed by atoms with Gasteiger partial charge in [-0.15, -0.1) is 11.3 Å². The first-order valence-corrected chi connectivity index (χ1v) is 6.61. The van der Waals surface area contributed by atoms with Crippen LogP contribution in [-0.2, 0) is 0 Å². The van der Waals surface area contributed by atoms with E-state index in [0.29, 0.717) is 16.0 Å². The summed E-state index contributed by atoms with van der Waals surface area (Å²) in [7, 11) is 0. The summed E-state index contributed by atoms with van der Waals surface area (Å²) in [6, 6.07) is 5.50. The van der Waals surface area contributed by atoms with E-state index in [9.17, 15) is 0 Å². The molecule has 0 radical (unpaired) electrons. The lowest BCUT2D eigenvalue weighted by molar-refractivity contribution is 0.834. The number of benzene rings is 1. The highest BCUT2D eigenvalue weighted by molar-refractivity contribution is 7.13. The fourth-order valence-corrected chi connectivity index (χ4v) is 2.86. The van der Waals surface area contributed by atoms with Crippen molar-refractivity contribution >= 4 is 34.5 Å². The molecule has 2 aromatic rings. The minimum atomic E-state index is 0.444. The van der Waals surface area contributed by atoms with Gasteiger partial charge in [-0.1, -0.05) is 37.0 Å². The van der Waals surface area contributed by atoms with Crippen LogP contribution in [0.25, 0.3) is 10.6 Å². The lowest BCUT2D eigenvalue weighted by Crippen LogP contribution is -1.86. The van der Waals surface area contributed by atoms with E-state index in [-0.39, 0.29) is 0 Å². The Labute approximate surface area is 109 Å². The average Bonchev–Trinajstić information content (AvgIpc) is 2.64. The van der Waals surface area contributed by atoms with E-state index in [1.165, 1.54) is 0 Å². The molecule has 0 aliphatic carbocycles. The Bertz CT molecular complexity index is 485. The van der Waals surface area contributed by atoms with Gasteiger partial charge in [-0.3, -0.25) is 0 Å². The van der Waals surface area contributed by atoms with Gasteiger partial charge >= 0.3 is 0 Å². The fourth-order valence-electron chi connectivity index (χ4n) is 1.36. The number of aromatic nitrogens is 1. The molecule has 1 nitrogen and oxygen atoms in total. The van der Waals surface area contributed by atoms with E-state index >= 15 is 0 Å². The zero-order valence-electron chi connectivity index (χ0n) is 9.00. The molecule has 84 valence electrons. The lowest BCUT2D eigenvalue weighted by Gasteiger charge is -2.00. The van der Waals surface area contributed by atoms with Crippen LogP contribution in [0.1, 0.15) is 25.5 Å². The zero-order valence-corrected chi connectivity index (χ0v) is 11.3. The van der Waals surface area contributed by atoms with E-state index in [4.69, 9.17) is 23.2 Å². The summed E-state index contributed by atoms with van der Waals surface area (Å²) in [6.07, 6.45) is 0. The van der Waals surface area contributed by atoms with Crippen molar-refractivity contribution in [3.05, 3.63) is 39.3 Å². The summed E-state index contributed by atoms with van der Waals surface area (Å²) >= 11 is 13.5. The van der Waals surface area contributed by atoms with E-state index < -0.39 is 0 Å². The maximum absolute atomic E-state index is 5.96. The van der Waals surface area contributed by atoms with E-state index in [0.717, 1.165) is 16.3 Å². The first-order valence-electron chi connectivity index (χ1n) is 4.98. The molecule has 0 saturated carbocycles. The Hall–Kier alpha value is -0.570. The quantitative estimate of drug-likeness (QED) is 0.728. The predicted octanol–water partition coefficient (Wildman–Crippen LogP) is 5.24. The third-order valence-corrected chi connectivity index (χ3v) is 3.57. The normalized spacial score (nSPS) is 11.1. The van der Waals surface area contributed by atoms with Crippen LogP contribution in [0.15, 0.2) is 23.6 Å². The van der Waals surface area contributed by atoms with Crippen molar-refractivity contribution in [1.82, 2.24) is 4.98 Å². The van der Waals surface area contributed by atoms with Crippen molar-refractivity contribution in [2.24, 2.45) is 0 Å².